The average molecular weight is 277 g/mol. The topological polar surface area (TPSA) is 128 Å². The van der Waals surface area contributed by atoms with Gasteiger partial charge in [-0.2, -0.15) is 0 Å². The van der Waals surface area contributed by atoms with Crippen molar-refractivity contribution >= 4 is 17.4 Å². The van der Waals surface area contributed by atoms with Gasteiger partial charge in [-0.15, -0.1) is 0 Å². The lowest BCUT2D eigenvalue weighted by atomic mass is 10.2. The summed E-state index contributed by atoms with van der Waals surface area (Å²) >= 11 is 0. The number of aromatic nitrogens is 2. The van der Waals surface area contributed by atoms with Gasteiger partial charge in [0.15, 0.2) is 0 Å². The Balaban J connectivity index is 2.14. The number of benzene rings is 1. The molecule has 0 aliphatic carbocycles. The van der Waals surface area contributed by atoms with Crippen LogP contribution in [0, 0.1) is 10.1 Å². The molecule has 1 heterocycles. The fourth-order valence-corrected chi connectivity index (χ4v) is 1.64. The van der Waals surface area contributed by atoms with E-state index in [0.29, 0.717) is 5.56 Å². The van der Waals surface area contributed by atoms with Crippen molar-refractivity contribution in [3.05, 3.63) is 45.6 Å². The predicted molar refractivity (Wildman–Crippen MR) is 67.6 cm³/mol. The van der Waals surface area contributed by atoms with Crippen LogP contribution in [0.4, 0.5) is 11.5 Å². The van der Waals surface area contributed by atoms with Crippen molar-refractivity contribution in [3.8, 4) is 0 Å². The maximum atomic E-state index is 12.0. The Morgan fingerprint density at radius 3 is 2.85 bits per heavy atom. The van der Waals surface area contributed by atoms with Gasteiger partial charge in [0.2, 0.25) is 11.5 Å². The van der Waals surface area contributed by atoms with Crippen LogP contribution in [0.1, 0.15) is 16.1 Å². The minimum absolute atomic E-state index is 0.0361. The van der Waals surface area contributed by atoms with Crippen LogP contribution in [0.25, 0.3) is 0 Å². The van der Waals surface area contributed by atoms with E-state index < -0.39 is 10.8 Å². The lowest BCUT2D eigenvalue weighted by molar-refractivity contribution is -0.384. The van der Waals surface area contributed by atoms with Gasteiger partial charge in [-0.25, -0.2) is 4.63 Å². The third kappa shape index (κ3) is 2.71. The molecular weight excluding hydrogens is 266 g/mol. The molecule has 0 spiro atoms. The fraction of sp³-hybridized carbons (Fsp3) is 0.182. The van der Waals surface area contributed by atoms with Crippen LogP contribution < -0.4 is 5.73 Å². The third-order valence-electron chi connectivity index (χ3n) is 2.60. The van der Waals surface area contributed by atoms with Crippen LogP contribution >= 0.6 is 0 Å². The average Bonchev–Trinajstić information content (AvgIpc) is 2.84. The molecule has 2 rings (SSSR count). The number of nitro benzene ring substituents is 1. The van der Waals surface area contributed by atoms with Crippen molar-refractivity contribution < 1.29 is 14.3 Å². The number of nitrogens with zero attached hydrogens (tertiary/aromatic N) is 4. The van der Waals surface area contributed by atoms with E-state index in [-0.39, 0.29) is 23.7 Å². The van der Waals surface area contributed by atoms with E-state index in [9.17, 15) is 14.9 Å². The number of nitrogen functional groups attached to an aromatic ring is 1. The minimum atomic E-state index is -0.495. The second kappa shape index (κ2) is 5.34. The number of anilines is 1. The quantitative estimate of drug-likeness (QED) is 0.647. The zero-order chi connectivity index (χ0) is 14.7. The van der Waals surface area contributed by atoms with E-state index >= 15 is 0 Å². The van der Waals surface area contributed by atoms with E-state index in [1.807, 2.05) is 0 Å². The van der Waals surface area contributed by atoms with Crippen molar-refractivity contribution in [2.45, 2.75) is 6.54 Å². The van der Waals surface area contributed by atoms with Crippen LogP contribution in [0.5, 0.6) is 0 Å². The van der Waals surface area contributed by atoms with Crippen molar-refractivity contribution in [2.24, 2.45) is 0 Å². The molecule has 0 bridgehead atoms. The summed E-state index contributed by atoms with van der Waals surface area (Å²) in [5, 5.41) is 17.4. The van der Waals surface area contributed by atoms with Crippen molar-refractivity contribution in [1.82, 2.24) is 15.2 Å². The summed E-state index contributed by atoms with van der Waals surface area (Å²) in [6.07, 6.45) is 0. The highest BCUT2D eigenvalue weighted by Gasteiger charge is 2.20. The van der Waals surface area contributed by atoms with Crippen molar-refractivity contribution in [1.29, 1.82) is 0 Å². The molecule has 9 heteroatoms. The summed E-state index contributed by atoms with van der Waals surface area (Å²) in [5.74, 6) is -0.573. The predicted octanol–water partition coefficient (Wildman–Crippen LogP) is 0.832. The van der Waals surface area contributed by atoms with Crippen molar-refractivity contribution in [3.63, 3.8) is 0 Å². The van der Waals surface area contributed by atoms with Gasteiger partial charge >= 0.3 is 0 Å². The Labute approximate surface area is 113 Å². The molecule has 0 saturated heterocycles. The Morgan fingerprint density at radius 2 is 2.25 bits per heavy atom. The lowest BCUT2D eigenvalue weighted by Crippen LogP contribution is -2.27. The normalized spacial score (nSPS) is 10.2. The second-order valence-electron chi connectivity index (χ2n) is 4.09. The number of nitrogens with two attached hydrogens (primary N) is 1. The van der Waals surface area contributed by atoms with Crippen LogP contribution in [-0.4, -0.2) is 33.1 Å². The molecule has 1 aromatic carbocycles. The molecule has 0 saturated carbocycles. The molecular formula is C11H11N5O4. The first-order chi connectivity index (χ1) is 9.49. The molecule has 2 N–H and O–H groups in total. The SMILES string of the molecule is CN(Cc1cccc([N+](=O)[O-])c1)C(=O)c1nonc1N. The summed E-state index contributed by atoms with van der Waals surface area (Å²) in [4.78, 5) is 23.5. The molecule has 1 amide bonds. The van der Waals surface area contributed by atoms with E-state index in [1.54, 1.807) is 12.1 Å². The summed E-state index contributed by atoms with van der Waals surface area (Å²) in [6, 6.07) is 6.01. The Kier molecular flexibility index (Phi) is 3.60. The summed E-state index contributed by atoms with van der Waals surface area (Å²) in [6.45, 7) is 0.173. The molecule has 0 fully saturated rings. The molecule has 2 aromatic rings. The van der Waals surface area contributed by atoms with Gasteiger partial charge in [0.1, 0.15) is 0 Å². The highest BCUT2D eigenvalue weighted by Crippen LogP contribution is 2.15. The summed E-state index contributed by atoms with van der Waals surface area (Å²) in [7, 11) is 1.52. The first-order valence-corrected chi connectivity index (χ1v) is 5.56. The van der Waals surface area contributed by atoms with Gasteiger partial charge in [0.05, 0.1) is 4.92 Å². The minimum Gasteiger partial charge on any atom is -0.379 e. The molecule has 0 atom stereocenters. The van der Waals surface area contributed by atoms with Gasteiger partial charge in [0, 0.05) is 25.7 Å². The van der Waals surface area contributed by atoms with Crippen LogP contribution in [0.3, 0.4) is 0 Å². The molecule has 0 unspecified atom stereocenters. The molecule has 9 nitrogen and oxygen atoms in total. The van der Waals surface area contributed by atoms with Gasteiger partial charge in [0.25, 0.3) is 11.6 Å². The second-order valence-corrected chi connectivity index (χ2v) is 4.09. The zero-order valence-electron chi connectivity index (χ0n) is 10.5. The third-order valence-corrected chi connectivity index (χ3v) is 2.60. The largest absolute Gasteiger partial charge is 0.379 e. The van der Waals surface area contributed by atoms with E-state index in [1.165, 1.54) is 24.1 Å². The number of hydrogen-bond acceptors (Lipinski definition) is 7. The van der Waals surface area contributed by atoms with E-state index in [0.717, 1.165) is 0 Å². The standard InChI is InChI=1S/C11H11N5O4/c1-15(11(17)9-10(12)14-20-13-9)6-7-3-2-4-8(5-7)16(18)19/h2-5H,6H2,1H3,(H2,12,14). The summed E-state index contributed by atoms with van der Waals surface area (Å²) < 4.78 is 4.36. The Hall–Kier alpha value is -2.97. The van der Waals surface area contributed by atoms with E-state index in [4.69, 9.17) is 5.73 Å². The van der Waals surface area contributed by atoms with Crippen molar-refractivity contribution in [2.75, 3.05) is 12.8 Å². The van der Waals surface area contributed by atoms with Gasteiger partial charge in [-0.05, 0) is 15.9 Å². The maximum absolute atomic E-state index is 12.0. The summed E-state index contributed by atoms with van der Waals surface area (Å²) in [5.41, 5.74) is 5.93. The first-order valence-electron chi connectivity index (χ1n) is 5.56. The maximum Gasteiger partial charge on any atom is 0.280 e. The number of nitro groups is 1. The highest BCUT2D eigenvalue weighted by molar-refractivity contribution is 5.95. The highest BCUT2D eigenvalue weighted by atomic mass is 16.6. The zero-order valence-corrected chi connectivity index (χ0v) is 10.5. The van der Waals surface area contributed by atoms with Gasteiger partial charge in [-0.1, -0.05) is 12.1 Å². The van der Waals surface area contributed by atoms with Crippen LogP contribution in [0.2, 0.25) is 0 Å². The molecule has 0 aliphatic heterocycles. The monoisotopic (exact) mass is 277 g/mol. The fourth-order valence-electron chi connectivity index (χ4n) is 1.64. The smallest absolute Gasteiger partial charge is 0.280 e. The molecule has 104 valence electrons. The van der Waals surface area contributed by atoms with Crippen LogP contribution in [0.15, 0.2) is 28.9 Å². The lowest BCUT2D eigenvalue weighted by Gasteiger charge is -2.15. The van der Waals surface area contributed by atoms with E-state index in [2.05, 4.69) is 14.9 Å². The molecule has 0 radical (unpaired) electrons. The molecule has 0 aliphatic rings. The number of carbonyl (C=O) groups is 1. The molecule has 20 heavy (non-hydrogen) atoms. The first kappa shape index (κ1) is 13.5. The van der Waals surface area contributed by atoms with Gasteiger partial charge in [-0.3, -0.25) is 14.9 Å². The van der Waals surface area contributed by atoms with Crippen LogP contribution in [-0.2, 0) is 6.54 Å². The number of rotatable bonds is 4. The number of hydrogen-bond donors (Lipinski definition) is 1. The Morgan fingerprint density at radius 1 is 1.50 bits per heavy atom. The van der Waals surface area contributed by atoms with Gasteiger partial charge < -0.3 is 10.6 Å². The number of carbonyl (C=O) groups excluding carboxylic acids is 1. The number of amides is 1. The Bertz CT molecular complexity index is 654. The number of non-ortho nitro benzene ring substituents is 1. The molecule has 1 aromatic heterocycles.